The Balaban J connectivity index is 2.62. The van der Waals surface area contributed by atoms with Crippen molar-refractivity contribution in [3.8, 4) is 0 Å². The molecule has 0 aliphatic heterocycles. The second kappa shape index (κ2) is 6.76. The normalized spacial score (nSPS) is 24.8. The van der Waals surface area contributed by atoms with E-state index < -0.39 is 35.9 Å². The van der Waals surface area contributed by atoms with Crippen LogP contribution in [0.2, 0.25) is 0 Å². The smallest absolute Gasteiger partial charge is 0.391 e. The molecular weight excluding hydrogens is 275 g/mol. The number of rotatable bonds is 5. The molecule has 0 saturated heterocycles. The van der Waals surface area contributed by atoms with Crippen molar-refractivity contribution in [1.82, 2.24) is 5.32 Å². The van der Waals surface area contributed by atoms with Crippen LogP contribution in [0.15, 0.2) is 12.7 Å². The Morgan fingerprint density at radius 3 is 2.55 bits per heavy atom. The molecule has 0 aromatic rings. The molecule has 7 heteroatoms. The van der Waals surface area contributed by atoms with Gasteiger partial charge < -0.3 is 10.4 Å². The molecule has 0 aromatic carbocycles. The standard InChI is InChI=1S/C13H18F3NO3/c1-2-4-10(12(19)20)17-11(18)8-5-3-6-9(7-8)13(14,15)16/h2,8-10H,1,3-7H2,(H,17,18)(H,19,20). The first-order valence-electron chi connectivity index (χ1n) is 6.46. The maximum absolute atomic E-state index is 12.7. The predicted molar refractivity (Wildman–Crippen MR) is 65.9 cm³/mol. The van der Waals surface area contributed by atoms with Gasteiger partial charge in [0.15, 0.2) is 0 Å². The maximum atomic E-state index is 12.7. The molecule has 0 spiro atoms. The molecule has 0 aromatic heterocycles. The van der Waals surface area contributed by atoms with Crippen LogP contribution < -0.4 is 5.32 Å². The lowest BCUT2D eigenvalue weighted by Crippen LogP contribution is -2.45. The molecule has 2 N–H and O–H groups in total. The van der Waals surface area contributed by atoms with E-state index in [0.717, 1.165) is 0 Å². The lowest BCUT2D eigenvalue weighted by molar-refractivity contribution is -0.186. The van der Waals surface area contributed by atoms with Crippen molar-refractivity contribution in [2.24, 2.45) is 11.8 Å². The number of carbonyl (C=O) groups excluding carboxylic acids is 1. The predicted octanol–water partition coefficient (Wildman–Crippen LogP) is 2.50. The average Bonchev–Trinajstić information content (AvgIpc) is 2.37. The molecule has 114 valence electrons. The van der Waals surface area contributed by atoms with Gasteiger partial charge in [0.25, 0.3) is 0 Å². The van der Waals surface area contributed by atoms with Crippen molar-refractivity contribution in [1.29, 1.82) is 0 Å². The number of alkyl halides is 3. The molecule has 0 bridgehead atoms. The van der Waals surface area contributed by atoms with Gasteiger partial charge in [0.05, 0.1) is 5.92 Å². The summed E-state index contributed by atoms with van der Waals surface area (Å²) in [6, 6.07) is -1.13. The average molecular weight is 293 g/mol. The van der Waals surface area contributed by atoms with E-state index in [2.05, 4.69) is 11.9 Å². The fraction of sp³-hybridized carbons (Fsp3) is 0.692. The van der Waals surface area contributed by atoms with Crippen LogP contribution >= 0.6 is 0 Å². The number of nitrogens with one attached hydrogen (secondary N) is 1. The van der Waals surface area contributed by atoms with E-state index in [0.29, 0.717) is 12.8 Å². The van der Waals surface area contributed by atoms with E-state index in [1.807, 2.05) is 0 Å². The summed E-state index contributed by atoms with van der Waals surface area (Å²) in [6.45, 7) is 3.38. The zero-order valence-corrected chi connectivity index (χ0v) is 10.9. The first-order valence-corrected chi connectivity index (χ1v) is 6.46. The molecule has 3 atom stereocenters. The Labute approximate surface area is 115 Å². The van der Waals surface area contributed by atoms with Crippen LogP contribution in [0.5, 0.6) is 0 Å². The Bertz CT molecular complexity index is 382. The Morgan fingerprint density at radius 1 is 1.40 bits per heavy atom. The molecule has 3 unspecified atom stereocenters. The fourth-order valence-corrected chi connectivity index (χ4v) is 2.40. The van der Waals surface area contributed by atoms with E-state index in [9.17, 15) is 22.8 Å². The summed E-state index contributed by atoms with van der Waals surface area (Å²) in [4.78, 5) is 22.8. The van der Waals surface area contributed by atoms with Crippen molar-refractivity contribution in [2.45, 2.75) is 44.3 Å². The summed E-state index contributed by atoms with van der Waals surface area (Å²) >= 11 is 0. The number of halogens is 3. The highest BCUT2D eigenvalue weighted by Crippen LogP contribution is 2.39. The Kier molecular flexibility index (Phi) is 5.59. The van der Waals surface area contributed by atoms with Crippen molar-refractivity contribution in [2.75, 3.05) is 0 Å². The second-order valence-electron chi connectivity index (χ2n) is 5.03. The minimum Gasteiger partial charge on any atom is -0.480 e. The molecule has 0 heterocycles. The molecule has 4 nitrogen and oxygen atoms in total. The summed E-state index contributed by atoms with van der Waals surface area (Å²) < 4.78 is 38.0. The molecule has 1 saturated carbocycles. The van der Waals surface area contributed by atoms with Crippen molar-refractivity contribution < 1.29 is 27.9 Å². The highest BCUT2D eigenvalue weighted by molar-refractivity contribution is 5.85. The third-order valence-corrected chi connectivity index (χ3v) is 3.52. The summed E-state index contributed by atoms with van der Waals surface area (Å²) in [5.41, 5.74) is 0. The van der Waals surface area contributed by atoms with Gasteiger partial charge in [-0.05, 0) is 25.7 Å². The van der Waals surface area contributed by atoms with Gasteiger partial charge in [-0.25, -0.2) is 4.79 Å². The van der Waals surface area contributed by atoms with Crippen LogP contribution in [0.3, 0.4) is 0 Å². The lowest BCUT2D eigenvalue weighted by atomic mass is 9.80. The lowest BCUT2D eigenvalue weighted by Gasteiger charge is -2.30. The van der Waals surface area contributed by atoms with Gasteiger partial charge >= 0.3 is 12.1 Å². The maximum Gasteiger partial charge on any atom is 0.391 e. The number of amides is 1. The fourth-order valence-electron chi connectivity index (χ4n) is 2.40. The first kappa shape index (κ1) is 16.5. The summed E-state index contributed by atoms with van der Waals surface area (Å²) in [5.74, 6) is -4.09. The Hall–Kier alpha value is -1.53. The molecule has 1 amide bonds. The van der Waals surface area contributed by atoms with Gasteiger partial charge in [0, 0.05) is 5.92 Å². The van der Waals surface area contributed by atoms with Crippen LogP contribution in [0.1, 0.15) is 32.1 Å². The van der Waals surface area contributed by atoms with E-state index in [1.54, 1.807) is 0 Å². The van der Waals surface area contributed by atoms with E-state index in [1.165, 1.54) is 6.08 Å². The number of carbonyl (C=O) groups is 2. The molecule has 1 aliphatic rings. The SMILES string of the molecule is C=CCC(NC(=O)C1CCCC(C(F)(F)F)C1)C(=O)O. The minimum absolute atomic E-state index is 0.0301. The quantitative estimate of drug-likeness (QED) is 0.765. The molecular formula is C13H18F3NO3. The number of carboxylic acids is 1. The molecule has 1 fully saturated rings. The summed E-state index contributed by atoms with van der Waals surface area (Å²) in [5, 5.41) is 11.2. The zero-order valence-electron chi connectivity index (χ0n) is 10.9. The molecule has 20 heavy (non-hydrogen) atoms. The van der Waals surface area contributed by atoms with E-state index >= 15 is 0 Å². The first-order chi connectivity index (χ1) is 9.25. The molecule has 0 radical (unpaired) electrons. The number of hydrogen-bond acceptors (Lipinski definition) is 2. The third-order valence-electron chi connectivity index (χ3n) is 3.52. The van der Waals surface area contributed by atoms with E-state index in [-0.39, 0.29) is 19.3 Å². The zero-order chi connectivity index (χ0) is 15.3. The van der Waals surface area contributed by atoms with Crippen molar-refractivity contribution in [3.63, 3.8) is 0 Å². The van der Waals surface area contributed by atoms with Crippen molar-refractivity contribution in [3.05, 3.63) is 12.7 Å². The number of aliphatic carboxylic acids is 1. The van der Waals surface area contributed by atoms with Gasteiger partial charge in [0.1, 0.15) is 6.04 Å². The largest absolute Gasteiger partial charge is 0.480 e. The van der Waals surface area contributed by atoms with Gasteiger partial charge in [-0.15, -0.1) is 6.58 Å². The van der Waals surface area contributed by atoms with Gasteiger partial charge in [-0.3, -0.25) is 4.79 Å². The summed E-state index contributed by atoms with van der Waals surface area (Å²) in [6.07, 6.45) is -2.47. The second-order valence-corrected chi connectivity index (χ2v) is 5.03. The minimum atomic E-state index is -4.30. The highest BCUT2D eigenvalue weighted by atomic mass is 19.4. The van der Waals surface area contributed by atoms with Gasteiger partial charge in [-0.2, -0.15) is 13.2 Å². The van der Waals surface area contributed by atoms with Crippen LogP contribution in [0.4, 0.5) is 13.2 Å². The van der Waals surface area contributed by atoms with Crippen LogP contribution in [-0.4, -0.2) is 29.2 Å². The molecule has 1 aliphatic carbocycles. The summed E-state index contributed by atoms with van der Waals surface area (Å²) in [7, 11) is 0. The van der Waals surface area contributed by atoms with E-state index in [4.69, 9.17) is 5.11 Å². The monoisotopic (exact) mass is 293 g/mol. The molecule has 1 rings (SSSR count). The van der Waals surface area contributed by atoms with Crippen molar-refractivity contribution >= 4 is 11.9 Å². The van der Waals surface area contributed by atoms with Crippen LogP contribution in [0.25, 0.3) is 0 Å². The van der Waals surface area contributed by atoms with Gasteiger partial charge in [-0.1, -0.05) is 12.5 Å². The van der Waals surface area contributed by atoms with Crippen LogP contribution in [-0.2, 0) is 9.59 Å². The Morgan fingerprint density at radius 2 is 2.05 bits per heavy atom. The number of hydrogen-bond donors (Lipinski definition) is 2. The topological polar surface area (TPSA) is 66.4 Å². The van der Waals surface area contributed by atoms with Crippen LogP contribution in [0, 0.1) is 11.8 Å². The highest BCUT2D eigenvalue weighted by Gasteiger charge is 2.43. The van der Waals surface area contributed by atoms with Gasteiger partial charge in [0.2, 0.25) is 5.91 Å². The third kappa shape index (κ3) is 4.54. The number of carboxylic acid groups (broad SMARTS) is 1.